The summed E-state index contributed by atoms with van der Waals surface area (Å²) in [7, 11) is 1.76. The van der Waals surface area contributed by atoms with Crippen LogP contribution in [0.1, 0.15) is 17.4 Å². The Balaban J connectivity index is 2.47. The molecule has 0 aliphatic heterocycles. The third-order valence-corrected chi connectivity index (χ3v) is 1.97. The molecule has 1 unspecified atom stereocenters. The first-order valence-electron chi connectivity index (χ1n) is 4.50. The molecule has 0 bridgehead atoms. The van der Waals surface area contributed by atoms with E-state index < -0.39 is 0 Å². The van der Waals surface area contributed by atoms with E-state index in [9.17, 15) is 4.79 Å². The summed E-state index contributed by atoms with van der Waals surface area (Å²) in [5.41, 5.74) is 0.523. The molecule has 0 aliphatic carbocycles. The van der Waals surface area contributed by atoms with E-state index in [4.69, 9.17) is 5.11 Å². The largest absolute Gasteiger partial charge is 0.396 e. The third-order valence-electron chi connectivity index (χ3n) is 1.97. The Morgan fingerprint density at radius 2 is 2.50 bits per heavy atom. The van der Waals surface area contributed by atoms with Gasteiger partial charge in [0.1, 0.15) is 5.69 Å². The van der Waals surface area contributed by atoms with Crippen LogP contribution in [0.2, 0.25) is 0 Å². The molecule has 0 saturated heterocycles. The second-order valence-corrected chi connectivity index (χ2v) is 3.39. The van der Waals surface area contributed by atoms with Crippen molar-refractivity contribution in [1.82, 2.24) is 14.9 Å². The van der Waals surface area contributed by atoms with Gasteiger partial charge in [-0.05, 0) is 5.92 Å². The van der Waals surface area contributed by atoms with Gasteiger partial charge in [-0.15, -0.1) is 0 Å². The van der Waals surface area contributed by atoms with E-state index in [-0.39, 0.29) is 18.4 Å². The summed E-state index contributed by atoms with van der Waals surface area (Å²) < 4.78 is 1.65. The molecular weight excluding hydrogens is 182 g/mol. The number of amides is 1. The number of aromatic nitrogens is 2. The molecule has 1 heterocycles. The van der Waals surface area contributed by atoms with Crippen molar-refractivity contribution in [1.29, 1.82) is 0 Å². The minimum Gasteiger partial charge on any atom is -0.396 e. The van der Waals surface area contributed by atoms with Crippen LogP contribution in [0.3, 0.4) is 0 Å². The summed E-state index contributed by atoms with van der Waals surface area (Å²) in [6, 6.07) is 0. The molecule has 0 aliphatic rings. The fraction of sp³-hybridized carbons (Fsp3) is 0.556. The van der Waals surface area contributed by atoms with Gasteiger partial charge in [-0.1, -0.05) is 6.92 Å². The van der Waals surface area contributed by atoms with E-state index in [2.05, 4.69) is 10.3 Å². The van der Waals surface area contributed by atoms with Gasteiger partial charge < -0.3 is 15.0 Å². The number of carbonyl (C=O) groups is 1. The van der Waals surface area contributed by atoms with E-state index in [0.29, 0.717) is 12.2 Å². The number of hydrogen-bond acceptors (Lipinski definition) is 3. The van der Waals surface area contributed by atoms with E-state index in [1.165, 1.54) is 6.20 Å². The second-order valence-electron chi connectivity index (χ2n) is 3.39. The molecule has 1 rings (SSSR count). The van der Waals surface area contributed by atoms with Crippen LogP contribution in [0.25, 0.3) is 0 Å². The zero-order valence-electron chi connectivity index (χ0n) is 8.40. The Morgan fingerprint density at radius 3 is 3.00 bits per heavy atom. The quantitative estimate of drug-likeness (QED) is 0.701. The average Bonchev–Trinajstić information content (AvgIpc) is 2.60. The van der Waals surface area contributed by atoms with Crippen molar-refractivity contribution >= 4 is 5.91 Å². The number of nitrogens with one attached hydrogen (secondary N) is 1. The van der Waals surface area contributed by atoms with Gasteiger partial charge in [-0.3, -0.25) is 4.79 Å². The van der Waals surface area contributed by atoms with Gasteiger partial charge in [0.05, 0.1) is 12.5 Å². The number of aryl methyl sites for hydroxylation is 1. The van der Waals surface area contributed by atoms with Gasteiger partial charge in [0.2, 0.25) is 0 Å². The van der Waals surface area contributed by atoms with Crippen molar-refractivity contribution in [2.45, 2.75) is 6.92 Å². The molecule has 2 N–H and O–H groups in total. The molecule has 0 saturated carbocycles. The summed E-state index contributed by atoms with van der Waals surface area (Å²) in [5, 5.41) is 11.5. The smallest absolute Gasteiger partial charge is 0.269 e. The molecule has 78 valence electrons. The minimum atomic E-state index is -0.162. The van der Waals surface area contributed by atoms with Crippen LogP contribution < -0.4 is 5.32 Å². The molecule has 5 heteroatoms. The molecule has 1 aromatic rings. The fourth-order valence-electron chi connectivity index (χ4n) is 0.998. The number of nitrogens with zero attached hydrogens (tertiary/aromatic N) is 2. The molecule has 14 heavy (non-hydrogen) atoms. The summed E-state index contributed by atoms with van der Waals surface area (Å²) in [5.74, 6) is -0.0857. The van der Waals surface area contributed by atoms with E-state index in [1.807, 2.05) is 6.92 Å². The SMILES string of the molecule is CC(CO)CNC(=O)c1cncn1C. The Morgan fingerprint density at radius 1 is 1.79 bits per heavy atom. The monoisotopic (exact) mass is 197 g/mol. The minimum absolute atomic E-state index is 0.0751. The summed E-state index contributed by atoms with van der Waals surface area (Å²) in [6.07, 6.45) is 3.09. The fourth-order valence-corrected chi connectivity index (χ4v) is 0.998. The molecule has 0 aromatic carbocycles. The van der Waals surface area contributed by atoms with Gasteiger partial charge in [0.25, 0.3) is 5.91 Å². The Kier molecular flexibility index (Phi) is 3.64. The standard InChI is InChI=1S/C9H15N3O2/c1-7(5-13)3-11-9(14)8-4-10-6-12(8)2/h4,6-7,13H,3,5H2,1-2H3,(H,11,14). The predicted molar refractivity (Wildman–Crippen MR) is 51.8 cm³/mol. The number of hydrogen-bond donors (Lipinski definition) is 2. The zero-order chi connectivity index (χ0) is 10.6. The topological polar surface area (TPSA) is 67.2 Å². The predicted octanol–water partition coefficient (Wildman–Crippen LogP) is -0.222. The normalized spacial score (nSPS) is 12.5. The average molecular weight is 197 g/mol. The molecule has 1 atom stereocenters. The van der Waals surface area contributed by atoms with Gasteiger partial charge in [0.15, 0.2) is 0 Å². The Bertz CT molecular complexity index is 309. The maximum atomic E-state index is 11.5. The maximum absolute atomic E-state index is 11.5. The van der Waals surface area contributed by atoms with Crippen LogP contribution in [0.5, 0.6) is 0 Å². The lowest BCUT2D eigenvalue weighted by atomic mass is 10.2. The highest BCUT2D eigenvalue weighted by atomic mass is 16.3. The highest BCUT2D eigenvalue weighted by molar-refractivity contribution is 5.92. The van der Waals surface area contributed by atoms with Crippen molar-refractivity contribution in [2.24, 2.45) is 13.0 Å². The summed E-state index contributed by atoms with van der Waals surface area (Å²) in [4.78, 5) is 15.3. The second kappa shape index (κ2) is 4.76. The van der Waals surface area contributed by atoms with Crippen LogP contribution in [0, 0.1) is 5.92 Å². The van der Waals surface area contributed by atoms with Gasteiger partial charge in [-0.25, -0.2) is 4.98 Å². The molecular formula is C9H15N3O2. The summed E-state index contributed by atoms with van der Waals surface area (Å²) >= 11 is 0. The van der Waals surface area contributed by atoms with Gasteiger partial charge >= 0.3 is 0 Å². The molecule has 5 nitrogen and oxygen atoms in total. The van der Waals surface area contributed by atoms with Gasteiger partial charge in [-0.2, -0.15) is 0 Å². The molecule has 0 radical (unpaired) electrons. The third kappa shape index (κ3) is 2.56. The van der Waals surface area contributed by atoms with Gasteiger partial charge in [0, 0.05) is 20.2 Å². The van der Waals surface area contributed by atoms with Crippen molar-refractivity contribution in [2.75, 3.05) is 13.2 Å². The van der Waals surface area contributed by atoms with Crippen LogP contribution in [0.4, 0.5) is 0 Å². The van der Waals surface area contributed by atoms with Crippen LogP contribution in [0.15, 0.2) is 12.5 Å². The maximum Gasteiger partial charge on any atom is 0.269 e. The highest BCUT2D eigenvalue weighted by Gasteiger charge is 2.10. The number of carbonyl (C=O) groups excluding carboxylic acids is 1. The molecule has 0 fully saturated rings. The highest BCUT2D eigenvalue weighted by Crippen LogP contribution is 1.96. The zero-order valence-corrected chi connectivity index (χ0v) is 8.40. The van der Waals surface area contributed by atoms with Crippen molar-refractivity contribution in [3.8, 4) is 0 Å². The molecule has 1 aromatic heterocycles. The number of rotatable bonds is 4. The Labute approximate surface area is 82.8 Å². The van der Waals surface area contributed by atoms with Crippen LogP contribution >= 0.6 is 0 Å². The summed E-state index contributed by atoms with van der Waals surface area (Å²) in [6.45, 7) is 2.41. The number of imidazole rings is 1. The van der Waals surface area contributed by atoms with Crippen LogP contribution in [-0.2, 0) is 7.05 Å². The number of aliphatic hydroxyl groups is 1. The lowest BCUT2D eigenvalue weighted by Gasteiger charge is -2.09. The lowest BCUT2D eigenvalue weighted by molar-refractivity contribution is 0.0934. The van der Waals surface area contributed by atoms with E-state index in [0.717, 1.165) is 0 Å². The number of aliphatic hydroxyl groups excluding tert-OH is 1. The molecule has 1 amide bonds. The van der Waals surface area contributed by atoms with Crippen molar-refractivity contribution in [3.63, 3.8) is 0 Å². The first-order valence-corrected chi connectivity index (χ1v) is 4.50. The van der Waals surface area contributed by atoms with E-state index in [1.54, 1.807) is 17.9 Å². The van der Waals surface area contributed by atoms with Crippen LogP contribution in [-0.4, -0.2) is 33.7 Å². The Hall–Kier alpha value is -1.36. The van der Waals surface area contributed by atoms with E-state index >= 15 is 0 Å². The van der Waals surface area contributed by atoms with Crippen molar-refractivity contribution in [3.05, 3.63) is 18.2 Å². The molecule has 0 spiro atoms. The van der Waals surface area contributed by atoms with Crippen molar-refractivity contribution < 1.29 is 9.90 Å². The lowest BCUT2D eigenvalue weighted by Crippen LogP contribution is -2.30. The first kappa shape index (κ1) is 10.7. The first-order chi connectivity index (χ1) is 6.65.